The molecule has 2 aliphatic rings. The number of carbonyl (C=O) groups is 2. The predicted octanol–water partition coefficient (Wildman–Crippen LogP) is 4.65. The third-order valence-corrected chi connectivity index (χ3v) is 6.32. The number of esters is 1. The number of aliphatic imine (C=N–C) groups is 1. The largest absolute Gasteiger partial charge is 0.465 e. The fourth-order valence-electron chi connectivity index (χ4n) is 3.70. The first-order chi connectivity index (χ1) is 15.5. The molecule has 164 valence electrons. The molecule has 0 aromatic heterocycles. The van der Waals surface area contributed by atoms with Crippen LogP contribution in [0.4, 0.5) is 10.5 Å². The van der Waals surface area contributed by atoms with Crippen molar-refractivity contribution in [2.45, 2.75) is 13.0 Å². The van der Waals surface area contributed by atoms with Gasteiger partial charge >= 0.3 is 12.0 Å². The molecule has 4 rings (SSSR count). The molecule has 2 unspecified atom stereocenters. The summed E-state index contributed by atoms with van der Waals surface area (Å²) in [5.41, 5.74) is 1.62. The normalized spacial score (nSPS) is 18.8. The summed E-state index contributed by atoms with van der Waals surface area (Å²) in [6.45, 7) is 1.93. The Morgan fingerprint density at radius 1 is 1.12 bits per heavy atom. The minimum atomic E-state index is -0.407. The molecule has 0 bridgehead atoms. The molecule has 0 fully saturated rings. The van der Waals surface area contributed by atoms with E-state index in [0.717, 1.165) is 22.0 Å². The molecule has 32 heavy (non-hydrogen) atoms. The number of thioether (sulfide) groups is 1. The van der Waals surface area contributed by atoms with E-state index in [-0.39, 0.29) is 18.0 Å². The van der Waals surface area contributed by atoms with Crippen LogP contribution in [0.3, 0.4) is 0 Å². The number of urea groups is 1. The summed E-state index contributed by atoms with van der Waals surface area (Å²) in [7, 11) is 2.95. The van der Waals surface area contributed by atoms with Crippen LogP contribution in [0.2, 0.25) is 0 Å². The Morgan fingerprint density at radius 3 is 2.59 bits per heavy atom. The maximum Gasteiger partial charge on any atom is 0.344 e. The number of para-hydroxylation sites is 1. The highest BCUT2D eigenvalue weighted by molar-refractivity contribution is 8.18. The van der Waals surface area contributed by atoms with Gasteiger partial charge in [0.05, 0.1) is 29.0 Å². The number of methoxy groups -OCH3 is 1. The number of amides is 2. The molecule has 2 aliphatic heterocycles. The number of carbonyl (C=O) groups excluding carboxylic acids is 2. The highest BCUT2D eigenvalue weighted by Gasteiger charge is 2.39. The van der Waals surface area contributed by atoms with Crippen LogP contribution in [-0.2, 0) is 9.53 Å². The van der Waals surface area contributed by atoms with Gasteiger partial charge in [0.1, 0.15) is 11.5 Å². The van der Waals surface area contributed by atoms with Gasteiger partial charge in [0.15, 0.2) is 0 Å². The second-order valence-electron chi connectivity index (χ2n) is 7.24. The van der Waals surface area contributed by atoms with Crippen LogP contribution in [-0.4, -0.2) is 37.2 Å². The summed E-state index contributed by atoms with van der Waals surface area (Å²) in [4.78, 5) is 31.6. The summed E-state index contributed by atoms with van der Waals surface area (Å²) in [6, 6.07) is 14.5. The van der Waals surface area contributed by atoms with Gasteiger partial charge in [-0.3, -0.25) is 9.89 Å². The number of nitrogens with one attached hydrogen (secondary N) is 1. The topological polar surface area (TPSA) is 80.2 Å². The van der Waals surface area contributed by atoms with Gasteiger partial charge in [-0.1, -0.05) is 36.0 Å². The molecule has 0 saturated heterocycles. The van der Waals surface area contributed by atoms with E-state index in [1.165, 1.54) is 18.9 Å². The lowest BCUT2D eigenvalue weighted by Crippen LogP contribution is -2.49. The van der Waals surface area contributed by atoms with Crippen LogP contribution in [0.1, 0.15) is 5.56 Å². The maximum absolute atomic E-state index is 13.0. The molecular formula is C24H23N3O4S. The van der Waals surface area contributed by atoms with Crippen molar-refractivity contribution in [2.24, 2.45) is 10.9 Å². The van der Waals surface area contributed by atoms with Gasteiger partial charge in [-0.15, -0.1) is 0 Å². The van der Waals surface area contributed by atoms with E-state index in [9.17, 15) is 9.59 Å². The third kappa shape index (κ3) is 4.27. The Hall–Kier alpha value is -3.52. The van der Waals surface area contributed by atoms with Crippen molar-refractivity contribution in [1.82, 2.24) is 5.32 Å². The van der Waals surface area contributed by atoms with Crippen LogP contribution in [0.15, 0.2) is 76.8 Å². The van der Waals surface area contributed by atoms with Crippen molar-refractivity contribution >= 4 is 34.5 Å². The van der Waals surface area contributed by atoms with Gasteiger partial charge in [-0.2, -0.15) is 0 Å². The number of ether oxygens (including phenoxy) is 2. The molecule has 0 radical (unpaired) electrons. The second kappa shape index (κ2) is 9.32. The standard InChI is InChI=1S/C24H23N3O4S/c1-15-13-17(31-16-7-5-4-6-8-16)9-10-19(15)27(24(29)25-2)20-11-12-26-22-18(20)14-21(32-22)23(28)30-3/h4-14,18,20H,1-3H3,(H,25,29). The zero-order valence-electron chi connectivity index (χ0n) is 17.9. The number of hydrogen-bond acceptors (Lipinski definition) is 6. The summed E-state index contributed by atoms with van der Waals surface area (Å²) in [5, 5.41) is 3.49. The van der Waals surface area contributed by atoms with E-state index in [1.54, 1.807) is 18.1 Å². The second-order valence-corrected chi connectivity index (χ2v) is 8.30. The summed E-state index contributed by atoms with van der Waals surface area (Å²) < 4.78 is 10.8. The van der Waals surface area contributed by atoms with E-state index >= 15 is 0 Å². The quantitative estimate of drug-likeness (QED) is 0.673. The highest BCUT2D eigenvalue weighted by Crippen LogP contribution is 2.40. The molecular weight excluding hydrogens is 426 g/mol. The third-order valence-electron chi connectivity index (χ3n) is 5.21. The Morgan fingerprint density at radius 2 is 1.91 bits per heavy atom. The number of hydrogen-bond donors (Lipinski definition) is 1. The number of anilines is 1. The first-order valence-electron chi connectivity index (χ1n) is 10.1. The van der Waals surface area contributed by atoms with Crippen molar-refractivity contribution in [3.8, 4) is 11.5 Å². The van der Waals surface area contributed by atoms with Crippen molar-refractivity contribution < 1.29 is 19.1 Å². The van der Waals surface area contributed by atoms with Crippen LogP contribution in [0, 0.1) is 12.8 Å². The average molecular weight is 450 g/mol. The van der Waals surface area contributed by atoms with Gasteiger partial charge in [-0.25, -0.2) is 9.59 Å². The molecule has 7 nitrogen and oxygen atoms in total. The van der Waals surface area contributed by atoms with E-state index in [4.69, 9.17) is 9.47 Å². The lowest BCUT2D eigenvalue weighted by molar-refractivity contribution is -0.135. The zero-order chi connectivity index (χ0) is 22.7. The number of aryl methyl sites for hydroxylation is 1. The molecule has 2 amide bonds. The van der Waals surface area contributed by atoms with Gasteiger partial charge in [0.2, 0.25) is 0 Å². The van der Waals surface area contributed by atoms with Crippen LogP contribution in [0.25, 0.3) is 0 Å². The summed E-state index contributed by atoms with van der Waals surface area (Å²) >= 11 is 1.28. The predicted molar refractivity (Wildman–Crippen MR) is 126 cm³/mol. The van der Waals surface area contributed by atoms with E-state index in [2.05, 4.69) is 10.3 Å². The summed E-state index contributed by atoms with van der Waals surface area (Å²) in [5.74, 6) is 0.773. The van der Waals surface area contributed by atoms with Crippen molar-refractivity contribution in [1.29, 1.82) is 0 Å². The minimum Gasteiger partial charge on any atom is -0.465 e. The lowest BCUT2D eigenvalue weighted by Gasteiger charge is -2.35. The molecule has 2 aromatic carbocycles. The van der Waals surface area contributed by atoms with Gasteiger partial charge in [0, 0.05) is 18.9 Å². The molecule has 1 N–H and O–H groups in total. The number of rotatable bonds is 5. The van der Waals surface area contributed by atoms with Gasteiger partial charge in [-0.05, 0) is 48.9 Å². The van der Waals surface area contributed by atoms with E-state index < -0.39 is 5.97 Å². The smallest absolute Gasteiger partial charge is 0.344 e. The Labute approximate surface area is 190 Å². The SMILES string of the molecule is CNC(=O)N(c1ccc(Oc2ccccc2)cc1C)C1C=CN=C2SC(C(=O)OC)=CC21. The Balaban J connectivity index is 1.66. The van der Waals surface area contributed by atoms with Crippen molar-refractivity contribution in [3.63, 3.8) is 0 Å². The summed E-state index contributed by atoms with van der Waals surface area (Å²) in [6.07, 6.45) is 5.37. The molecule has 2 aromatic rings. The molecule has 2 atom stereocenters. The lowest BCUT2D eigenvalue weighted by atomic mass is 9.95. The minimum absolute atomic E-state index is 0.240. The van der Waals surface area contributed by atoms with Crippen molar-refractivity contribution in [3.05, 3.63) is 77.4 Å². The van der Waals surface area contributed by atoms with Gasteiger partial charge in [0.25, 0.3) is 0 Å². The first-order valence-corrected chi connectivity index (χ1v) is 10.9. The molecule has 8 heteroatoms. The molecule has 0 spiro atoms. The van der Waals surface area contributed by atoms with Crippen molar-refractivity contribution in [2.75, 3.05) is 19.1 Å². The maximum atomic E-state index is 13.0. The van der Waals surface area contributed by atoms with Gasteiger partial charge < -0.3 is 14.8 Å². The van der Waals surface area contributed by atoms with E-state index in [1.807, 2.05) is 67.6 Å². The molecule has 0 aliphatic carbocycles. The fourth-order valence-corrected chi connectivity index (χ4v) is 4.76. The monoisotopic (exact) mass is 449 g/mol. The zero-order valence-corrected chi connectivity index (χ0v) is 18.8. The molecule has 2 heterocycles. The number of fused-ring (bicyclic) bond motifs is 1. The average Bonchev–Trinajstić information content (AvgIpc) is 3.26. The Bertz CT molecular complexity index is 1130. The highest BCUT2D eigenvalue weighted by atomic mass is 32.2. The molecule has 0 saturated carbocycles. The van der Waals surface area contributed by atoms with E-state index in [0.29, 0.717) is 10.7 Å². The number of benzene rings is 2. The Kier molecular flexibility index (Phi) is 6.32. The number of nitrogens with zero attached hydrogens (tertiary/aromatic N) is 2. The van der Waals surface area contributed by atoms with Crippen LogP contribution < -0.4 is 15.0 Å². The van der Waals surface area contributed by atoms with Crippen LogP contribution in [0.5, 0.6) is 11.5 Å². The fraction of sp³-hybridized carbons (Fsp3) is 0.208. The van der Waals surface area contributed by atoms with Crippen LogP contribution >= 0.6 is 11.8 Å². The first kappa shape index (κ1) is 21.7.